The minimum atomic E-state index is -0.700. The van der Waals surface area contributed by atoms with E-state index in [0.29, 0.717) is 31.1 Å². The maximum Gasteiger partial charge on any atom is 0.306 e. The molecule has 1 aromatic rings. The molecule has 0 bridgehead atoms. The molecule has 5 nitrogen and oxygen atoms in total. The molecule has 2 rings (SSSR count). The van der Waals surface area contributed by atoms with Crippen molar-refractivity contribution in [3.05, 3.63) is 23.7 Å². The number of furan rings is 1. The summed E-state index contributed by atoms with van der Waals surface area (Å²) in [6.07, 6.45) is 5.10. The summed E-state index contributed by atoms with van der Waals surface area (Å²) >= 11 is 1.64. The zero-order valence-electron chi connectivity index (χ0n) is 12.1. The molecule has 0 aromatic carbocycles. The van der Waals surface area contributed by atoms with Crippen LogP contribution in [0.1, 0.15) is 42.0 Å². The molecule has 1 saturated carbocycles. The third kappa shape index (κ3) is 4.52. The van der Waals surface area contributed by atoms with E-state index in [1.165, 1.54) is 0 Å². The fourth-order valence-corrected chi connectivity index (χ4v) is 3.10. The van der Waals surface area contributed by atoms with Gasteiger partial charge < -0.3 is 14.8 Å². The number of hydrogen-bond donors (Lipinski definition) is 2. The van der Waals surface area contributed by atoms with Crippen LogP contribution in [0.15, 0.2) is 16.5 Å². The van der Waals surface area contributed by atoms with E-state index in [1.54, 1.807) is 17.8 Å². The molecule has 1 aliphatic rings. The van der Waals surface area contributed by atoms with Gasteiger partial charge in [-0.3, -0.25) is 9.59 Å². The Hall–Kier alpha value is -1.43. The van der Waals surface area contributed by atoms with Crippen LogP contribution in [0.5, 0.6) is 0 Å². The summed E-state index contributed by atoms with van der Waals surface area (Å²) in [7, 11) is 0. The molecule has 1 fully saturated rings. The highest BCUT2D eigenvalue weighted by molar-refractivity contribution is 7.97. The summed E-state index contributed by atoms with van der Waals surface area (Å²) in [5, 5.41) is 11.8. The van der Waals surface area contributed by atoms with Crippen LogP contribution < -0.4 is 5.32 Å². The summed E-state index contributed by atoms with van der Waals surface area (Å²) in [6, 6.07) is 3.52. The van der Waals surface area contributed by atoms with Crippen molar-refractivity contribution in [3.8, 4) is 0 Å². The fraction of sp³-hybridized carbons (Fsp3) is 0.600. The lowest BCUT2D eigenvalue weighted by atomic mass is 9.82. The van der Waals surface area contributed by atoms with Gasteiger partial charge in [0.05, 0.1) is 11.7 Å². The third-order valence-corrected chi connectivity index (χ3v) is 4.49. The number of carbonyl (C=O) groups is 2. The van der Waals surface area contributed by atoms with Crippen LogP contribution in [-0.4, -0.2) is 29.8 Å². The Kier molecular flexibility index (Phi) is 5.73. The molecule has 21 heavy (non-hydrogen) atoms. The smallest absolute Gasteiger partial charge is 0.306 e. The first-order valence-corrected chi connectivity index (χ1v) is 8.58. The maximum absolute atomic E-state index is 12.0. The zero-order chi connectivity index (χ0) is 15.2. The van der Waals surface area contributed by atoms with Crippen molar-refractivity contribution in [3.63, 3.8) is 0 Å². The summed E-state index contributed by atoms with van der Waals surface area (Å²) in [5.74, 6) is 1.17. The molecule has 1 aromatic heterocycles. The van der Waals surface area contributed by atoms with E-state index in [2.05, 4.69) is 5.32 Å². The Morgan fingerprint density at radius 3 is 2.67 bits per heavy atom. The van der Waals surface area contributed by atoms with Gasteiger partial charge in [0.15, 0.2) is 5.76 Å². The minimum absolute atomic E-state index is 0.192. The molecule has 6 heteroatoms. The van der Waals surface area contributed by atoms with Crippen LogP contribution in [0.2, 0.25) is 0 Å². The number of thioether (sulfide) groups is 1. The summed E-state index contributed by atoms with van der Waals surface area (Å²) < 4.78 is 5.46. The number of carboxylic acid groups (broad SMARTS) is 1. The van der Waals surface area contributed by atoms with E-state index in [9.17, 15) is 9.59 Å². The number of carbonyl (C=O) groups excluding carboxylic acids is 1. The van der Waals surface area contributed by atoms with Crippen molar-refractivity contribution in [2.24, 2.45) is 11.8 Å². The molecule has 2 N–H and O–H groups in total. The molecular weight excluding hydrogens is 290 g/mol. The van der Waals surface area contributed by atoms with Crippen molar-refractivity contribution in [2.45, 2.75) is 31.4 Å². The van der Waals surface area contributed by atoms with Gasteiger partial charge in [0.25, 0.3) is 5.91 Å². The number of hydrogen-bond acceptors (Lipinski definition) is 4. The molecule has 0 unspecified atom stereocenters. The number of aliphatic carboxylic acids is 1. The van der Waals surface area contributed by atoms with E-state index in [4.69, 9.17) is 9.52 Å². The van der Waals surface area contributed by atoms with Gasteiger partial charge in [-0.15, -0.1) is 0 Å². The van der Waals surface area contributed by atoms with Crippen LogP contribution in [0.25, 0.3) is 0 Å². The van der Waals surface area contributed by atoms with E-state index in [0.717, 1.165) is 24.4 Å². The van der Waals surface area contributed by atoms with Crippen LogP contribution in [0.4, 0.5) is 0 Å². The first kappa shape index (κ1) is 15.9. The molecule has 116 valence electrons. The second-order valence-corrected chi connectivity index (χ2v) is 6.33. The van der Waals surface area contributed by atoms with E-state index < -0.39 is 5.97 Å². The van der Waals surface area contributed by atoms with Gasteiger partial charge in [0, 0.05) is 6.54 Å². The van der Waals surface area contributed by atoms with Gasteiger partial charge in [0.1, 0.15) is 5.76 Å². The average molecular weight is 311 g/mol. The number of amides is 1. The van der Waals surface area contributed by atoms with E-state index in [-0.39, 0.29) is 11.8 Å². The zero-order valence-corrected chi connectivity index (χ0v) is 12.9. The lowest BCUT2D eigenvalue weighted by Gasteiger charge is -2.25. The summed E-state index contributed by atoms with van der Waals surface area (Å²) in [6.45, 7) is 0.587. The van der Waals surface area contributed by atoms with Gasteiger partial charge in [0.2, 0.25) is 0 Å². The van der Waals surface area contributed by atoms with Crippen LogP contribution in [0, 0.1) is 11.8 Å². The Bertz CT molecular complexity index is 492. The number of carboxylic acids is 1. The molecule has 0 aliphatic heterocycles. The van der Waals surface area contributed by atoms with Crippen LogP contribution >= 0.6 is 11.8 Å². The molecule has 0 saturated heterocycles. The predicted molar refractivity (Wildman–Crippen MR) is 81.3 cm³/mol. The molecule has 0 radical (unpaired) electrons. The van der Waals surface area contributed by atoms with Gasteiger partial charge in [-0.2, -0.15) is 11.8 Å². The molecule has 1 heterocycles. The van der Waals surface area contributed by atoms with Crippen molar-refractivity contribution < 1.29 is 19.1 Å². The summed E-state index contributed by atoms with van der Waals surface area (Å²) in [4.78, 5) is 22.9. The first-order chi connectivity index (χ1) is 10.1. The maximum atomic E-state index is 12.0. The van der Waals surface area contributed by atoms with E-state index in [1.807, 2.05) is 12.3 Å². The van der Waals surface area contributed by atoms with Gasteiger partial charge in [-0.05, 0) is 50.0 Å². The molecule has 0 atom stereocenters. The van der Waals surface area contributed by atoms with Crippen molar-refractivity contribution in [1.29, 1.82) is 0 Å². The molecule has 1 aliphatic carbocycles. The Labute approximate surface area is 128 Å². The Morgan fingerprint density at radius 1 is 1.33 bits per heavy atom. The number of nitrogens with one attached hydrogen (secondary N) is 1. The second-order valence-electron chi connectivity index (χ2n) is 5.46. The summed E-state index contributed by atoms with van der Waals surface area (Å²) in [5.41, 5.74) is 0. The molecule has 1 amide bonds. The highest BCUT2D eigenvalue weighted by Crippen LogP contribution is 2.28. The predicted octanol–water partition coefficient (Wildman–Crippen LogP) is 2.76. The Balaban J connectivity index is 1.75. The second kappa shape index (κ2) is 7.54. The van der Waals surface area contributed by atoms with Crippen LogP contribution in [-0.2, 0) is 10.5 Å². The van der Waals surface area contributed by atoms with Crippen molar-refractivity contribution in [1.82, 2.24) is 5.32 Å². The largest absolute Gasteiger partial charge is 0.481 e. The third-order valence-electron chi connectivity index (χ3n) is 3.92. The Morgan fingerprint density at radius 2 is 2.05 bits per heavy atom. The van der Waals surface area contributed by atoms with Gasteiger partial charge in [-0.25, -0.2) is 0 Å². The highest BCUT2D eigenvalue weighted by Gasteiger charge is 2.26. The normalized spacial score (nSPS) is 22.0. The highest BCUT2D eigenvalue weighted by atomic mass is 32.2. The first-order valence-electron chi connectivity index (χ1n) is 7.18. The minimum Gasteiger partial charge on any atom is -0.481 e. The monoisotopic (exact) mass is 311 g/mol. The van der Waals surface area contributed by atoms with Gasteiger partial charge >= 0.3 is 5.97 Å². The SMILES string of the molecule is CSCc1ccc(C(=O)NCC2CCC(C(=O)O)CC2)o1. The quantitative estimate of drug-likeness (QED) is 0.844. The lowest BCUT2D eigenvalue weighted by molar-refractivity contribution is -0.143. The van der Waals surface area contributed by atoms with E-state index >= 15 is 0 Å². The van der Waals surface area contributed by atoms with Gasteiger partial charge in [-0.1, -0.05) is 0 Å². The molecule has 0 spiro atoms. The topological polar surface area (TPSA) is 79.5 Å². The molecular formula is C15H21NO4S. The fourth-order valence-electron chi connectivity index (χ4n) is 2.66. The van der Waals surface area contributed by atoms with Crippen LogP contribution in [0.3, 0.4) is 0 Å². The lowest BCUT2D eigenvalue weighted by Crippen LogP contribution is -2.32. The van der Waals surface area contributed by atoms with Crippen molar-refractivity contribution >= 4 is 23.6 Å². The number of rotatable bonds is 6. The standard InChI is InChI=1S/C15H21NO4S/c1-21-9-12-6-7-13(20-12)14(17)16-8-10-2-4-11(5-3-10)15(18)19/h6-7,10-11H,2-5,8-9H2,1H3,(H,16,17)(H,18,19). The van der Waals surface area contributed by atoms with Crippen molar-refractivity contribution in [2.75, 3.05) is 12.8 Å². The average Bonchev–Trinajstić information content (AvgIpc) is 2.94.